The number of rotatable bonds is 9. The molecule has 2 aromatic rings. The maximum Gasteiger partial charge on any atom is 0.287 e. The SMILES string of the molecule is COC1CCC(C(=O)N2CCC(CCCCNC(=O)c3cc4ccncc4o3)CC2)C(OC)C1. The van der Waals surface area contributed by atoms with Gasteiger partial charge in [-0.1, -0.05) is 12.8 Å². The van der Waals surface area contributed by atoms with Gasteiger partial charge in [0.2, 0.25) is 5.91 Å². The molecule has 1 saturated heterocycles. The molecule has 2 amide bonds. The predicted octanol–water partition coefficient (Wildman–Crippen LogP) is 3.80. The fourth-order valence-corrected chi connectivity index (χ4v) is 5.37. The first-order valence-electron chi connectivity index (χ1n) is 12.5. The highest BCUT2D eigenvalue weighted by molar-refractivity contribution is 5.95. The maximum atomic E-state index is 13.1. The number of hydrogen-bond acceptors (Lipinski definition) is 6. The second-order valence-corrected chi connectivity index (χ2v) is 9.60. The molecule has 2 fully saturated rings. The minimum absolute atomic E-state index is 0.0421. The summed E-state index contributed by atoms with van der Waals surface area (Å²) in [6, 6.07) is 3.58. The molecule has 0 radical (unpaired) electrons. The van der Waals surface area contributed by atoms with Gasteiger partial charge in [-0.15, -0.1) is 0 Å². The Morgan fingerprint density at radius 1 is 1.15 bits per heavy atom. The van der Waals surface area contributed by atoms with Gasteiger partial charge in [-0.25, -0.2) is 0 Å². The van der Waals surface area contributed by atoms with Gasteiger partial charge in [0, 0.05) is 51.9 Å². The second kappa shape index (κ2) is 11.8. The van der Waals surface area contributed by atoms with E-state index in [2.05, 4.69) is 10.3 Å². The number of amides is 2. The highest BCUT2D eigenvalue weighted by Gasteiger charge is 2.38. The molecular formula is C26H37N3O5. The maximum absolute atomic E-state index is 13.1. The van der Waals surface area contributed by atoms with Crippen LogP contribution in [-0.2, 0) is 14.3 Å². The number of piperidine rings is 1. The second-order valence-electron chi connectivity index (χ2n) is 9.60. The molecule has 8 heteroatoms. The molecule has 0 bridgehead atoms. The van der Waals surface area contributed by atoms with Crippen LogP contribution in [0.2, 0.25) is 0 Å². The van der Waals surface area contributed by atoms with Gasteiger partial charge in [0.1, 0.15) is 0 Å². The van der Waals surface area contributed by atoms with Crippen molar-refractivity contribution >= 4 is 22.8 Å². The number of methoxy groups -OCH3 is 2. The Balaban J connectivity index is 1.12. The lowest BCUT2D eigenvalue weighted by Crippen LogP contribution is -2.48. The van der Waals surface area contributed by atoms with E-state index in [1.165, 1.54) is 0 Å². The number of pyridine rings is 1. The lowest BCUT2D eigenvalue weighted by molar-refractivity contribution is -0.146. The Labute approximate surface area is 201 Å². The molecule has 2 aromatic heterocycles. The van der Waals surface area contributed by atoms with Crippen molar-refractivity contribution in [2.45, 2.75) is 63.6 Å². The largest absolute Gasteiger partial charge is 0.449 e. The average molecular weight is 472 g/mol. The monoisotopic (exact) mass is 471 g/mol. The quantitative estimate of drug-likeness (QED) is 0.559. The number of ether oxygens (including phenoxy) is 2. The van der Waals surface area contributed by atoms with Crippen molar-refractivity contribution in [1.29, 1.82) is 0 Å². The van der Waals surface area contributed by atoms with Gasteiger partial charge in [0.05, 0.1) is 24.3 Å². The first-order valence-corrected chi connectivity index (χ1v) is 12.5. The summed E-state index contributed by atoms with van der Waals surface area (Å²) < 4.78 is 16.7. The van der Waals surface area contributed by atoms with E-state index in [4.69, 9.17) is 13.9 Å². The minimum Gasteiger partial charge on any atom is -0.449 e. The molecule has 1 aliphatic carbocycles. The molecule has 4 rings (SSSR count). The number of fused-ring (bicyclic) bond motifs is 1. The van der Waals surface area contributed by atoms with Crippen LogP contribution in [-0.4, -0.2) is 67.8 Å². The number of likely N-dealkylation sites (tertiary alicyclic amines) is 1. The van der Waals surface area contributed by atoms with E-state index < -0.39 is 0 Å². The fraction of sp³-hybridized carbons (Fsp3) is 0.654. The van der Waals surface area contributed by atoms with Gasteiger partial charge in [-0.05, 0) is 50.2 Å². The standard InChI is InChI=1S/C26H37N3O5/c1-32-20-6-7-21(22(16-20)33-2)26(31)29-13-9-18(10-14-29)5-3-4-11-28-25(30)23-15-19-8-12-27-17-24(19)34-23/h8,12,15,17-18,20-22H,3-7,9-11,13-14,16H2,1-2H3,(H,28,30). The first-order chi connectivity index (χ1) is 16.6. The van der Waals surface area contributed by atoms with Crippen LogP contribution in [0.1, 0.15) is 61.9 Å². The summed E-state index contributed by atoms with van der Waals surface area (Å²) >= 11 is 0. The van der Waals surface area contributed by atoms with Crippen molar-refractivity contribution < 1.29 is 23.5 Å². The summed E-state index contributed by atoms with van der Waals surface area (Å²) in [6.07, 6.45) is 11.2. The molecule has 3 unspecified atom stereocenters. The molecule has 3 heterocycles. The third kappa shape index (κ3) is 5.96. The zero-order chi connectivity index (χ0) is 23.9. The van der Waals surface area contributed by atoms with E-state index in [1.54, 1.807) is 32.7 Å². The molecule has 8 nitrogen and oxygen atoms in total. The van der Waals surface area contributed by atoms with Crippen molar-refractivity contribution in [3.8, 4) is 0 Å². The number of furan rings is 1. The summed E-state index contributed by atoms with van der Waals surface area (Å²) in [5.74, 6) is 0.997. The Bertz CT molecular complexity index is 920. The molecular weight excluding hydrogens is 434 g/mol. The smallest absolute Gasteiger partial charge is 0.287 e. The normalized spacial score (nSPS) is 23.8. The van der Waals surface area contributed by atoms with Gasteiger partial charge in [0.15, 0.2) is 11.3 Å². The van der Waals surface area contributed by atoms with Crippen LogP contribution in [0.5, 0.6) is 0 Å². The van der Waals surface area contributed by atoms with Crippen LogP contribution in [0.15, 0.2) is 28.9 Å². The summed E-state index contributed by atoms with van der Waals surface area (Å²) in [5, 5.41) is 3.83. The van der Waals surface area contributed by atoms with Crippen molar-refractivity contribution in [1.82, 2.24) is 15.2 Å². The summed E-state index contributed by atoms with van der Waals surface area (Å²) in [6.45, 7) is 2.30. The van der Waals surface area contributed by atoms with E-state index >= 15 is 0 Å². The predicted molar refractivity (Wildman–Crippen MR) is 128 cm³/mol. The number of carbonyl (C=O) groups excluding carboxylic acids is 2. The zero-order valence-corrected chi connectivity index (χ0v) is 20.3. The van der Waals surface area contributed by atoms with E-state index in [0.717, 1.165) is 69.8 Å². The zero-order valence-electron chi connectivity index (χ0n) is 20.3. The Morgan fingerprint density at radius 2 is 1.97 bits per heavy atom. The minimum atomic E-state index is -0.183. The van der Waals surface area contributed by atoms with Crippen molar-refractivity contribution in [2.75, 3.05) is 33.9 Å². The Kier molecular flexibility index (Phi) is 8.56. The summed E-state index contributed by atoms with van der Waals surface area (Å²) in [7, 11) is 3.43. The van der Waals surface area contributed by atoms with Crippen molar-refractivity contribution in [3.63, 3.8) is 0 Å². The summed E-state index contributed by atoms with van der Waals surface area (Å²) in [4.78, 5) is 31.5. The van der Waals surface area contributed by atoms with Crippen molar-refractivity contribution in [2.24, 2.45) is 11.8 Å². The highest BCUT2D eigenvalue weighted by Crippen LogP contribution is 2.32. The number of aromatic nitrogens is 1. The van der Waals surface area contributed by atoms with Gasteiger partial charge in [-0.3, -0.25) is 14.6 Å². The van der Waals surface area contributed by atoms with E-state index in [-0.39, 0.29) is 29.9 Å². The number of carbonyl (C=O) groups is 2. The summed E-state index contributed by atoms with van der Waals surface area (Å²) in [5.41, 5.74) is 0.623. The number of hydrogen-bond donors (Lipinski definition) is 1. The molecule has 1 aliphatic heterocycles. The Hall–Kier alpha value is -2.45. The first kappa shape index (κ1) is 24.7. The topological polar surface area (TPSA) is 93.9 Å². The molecule has 186 valence electrons. The van der Waals surface area contributed by atoms with Crippen molar-refractivity contribution in [3.05, 3.63) is 30.3 Å². The van der Waals surface area contributed by atoms with E-state index in [1.807, 2.05) is 11.0 Å². The van der Waals surface area contributed by atoms with Gasteiger partial charge < -0.3 is 24.1 Å². The molecule has 1 saturated carbocycles. The molecule has 0 aromatic carbocycles. The van der Waals surface area contributed by atoms with Crippen LogP contribution in [0.3, 0.4) is 0 Å². The molecule has 0 spiro atoms. The van der Waals surface area contributed by atoms with Crippen LogP contribution < -0.4 is 5.32 Å². The Morgan fingerprint density at radius 3 is 2.71 bits per heavy atom. The lowest BCUT2D eigenvalue weighted by atomic mass is 9.82. The number of nitrogens with zero attached hydrogens (tertiary/aromatic N) is 2. The fourth-order valence-electron chi connectivity index (χ4n) is 5.37. The van der Waals surface area contributed by atoms with Gasteiger partial charge in [-0.2, -0.15) is 0 Å². The number of unbranched alkanes of at least 4 members (excludes halogenated alkanes) is 1. The average Bonchev–Trinajstić information content (AvgIpc) is 3.32. The highest BCUT2D eigenvalue weighted by atomic mass is 16.5. The molecule has 2 aliphatic rings. The molecule has 1 N–H and O–H groups in total. The lowest BCUT2D eigenvalue weighted by Gasteiger charge is -2.39. The van der Waals surface area contributed by atoms with Gasteiger partial charge in [0.25, 0.3) is 5.91 Å². The van der Waals surface area contributed by atoms with Crippen LogP contribution in [0.25, 0.3) is 11.0 Å². The molecule has 34 heavy (non-hydrogen) atoms. The van der Waals surface area contributed by atoms with Gasteiger partial charge >= 0.3 is 0 Å². The third-order valence-electron chi connectivity index (χ3n) is 7.49. The third-order valence-corrected chi connectivity index (χ3v) is 7.49. The number of nitrogens with one attached hydrogen (secondary N) is 1. The van der Waals surface area contributed by atoms with Crippen LogP contribution in [0, 0.1) is 11.8 Å². The van der Waals surface area contributed by atoms with E-state index in [0.29, 0.717) is 23.8 Å². The van der Waals surface area contributed by atoms with Crippen LogP contribution in [0.4, 0.5) is 0 Å². The molecule has 3 atom stereocenters. The van der Waals surface area contributed by atoms with E-state index in [9.17, 15) is 9.59 Å². The van der Waals surface area contributed by atoms with Crippen LogP contribution >= 0.6 is 0 Å².